The molecule has 0 saturated carbocycles. The molecule has 0 heterocycles. The second-order valence-electron chi connectivity index (χ2n) is 4.55. The molecule has 0 radical (unpaired) electrons. The van der Waals surface area contributed by atoms with Gasteiger partial charge in [0.15, 0.2) is 0 Å². The smallest absolute Gasteiger partial charge is 0.138 e. The van der Waals surface area contributed by atoms with Crippen LogP contribution < -0.4 is 10.5 Å². The molecule has 2 rings (SSSR count). The minimum atomic E-state index is -0.374. The topological polar surface area (TPSA) is 35.2 Å². The van der Waals surface area contributed by atoms with Crippen LogP contribution in [0.2, 0.25) is 5.02 Å². The fraction of sp³-hybridized carbons (Fsp3) is 0.200. The molecule has 0 aliphatic carbocycles. The van der Waals surface area contributed by atoms with E-state index in [9.17, 15) is 4.39 Å². The Balaban J connectivity index is 2.27. The summed E-state index contributed by atoms with van der Waals surface area (Å²) in [5.41, 5.74) is 6.86. The first-order valence-electron chi connectivity index (χ1n) is 6.09. The van der Waals surface area contributed by atoms with Gasteiger partial charge in [-0.1, -0.05) is 39.7 Å². The highest BCUT2D eigenvalue weighted by Gasteiger charge is 2.18. The van der Waals surface area contributed by atoms with Crippen molar-refractivity contribution in [2.75, 3.05) is 0 Å². The molecule has 2 aromatic rings. The predicted octanol–water partition coefficient (Wildman–Crippen LogP) is 4.71. The normalized spacial score (nSPS) is 13.8. The van der Waals surface area contributed by atoms with E-state index in [2.05, 4.69) is 15.9 Å². The van der Waals surface area contributed by atoms with Crippen LogP contribution >= 0.6 is 27.5 Å². The summed E-state index contributed by atoms with van der Waals surface area (Å²) in [6, 6.07) is 11.4. The molecule has 0 aliphatic rings. The Hall–Kier alpha value is -1.10. The van der Waals surface area contributed by atoms with E-state index < -0.39 is 0 Å². The van der Waals surface area contributed by atoms with Crippen LogP contribution in [0.15, 0.2) is 46.9 Å². The maximum Gasteiger partial charge on any atom is 0.138 e. The van der Waals surface area contributed by atoms with Gasteiger partial charge in [-0.05, 0) is 36.8 Å². The Morgan fingerprint density at radius 2 is 1.85 bits per heavy atom. The lowest BCUT2D eigenvalue weighted by atomic mass is 10.0. The van der Waals surface area contributed by atoms with Crippen molar-refractivity contribution in [2.24, 2.45) is 5.73 Å². The summed E-state index contributed by atoms with van der Waals surface area (Å²) in [6.07, 6.45) is -0.374. The fourth-order valence-corrected chi connectivity index (χ4v) is 2.44. The van der Waals surface area contributed by atoms with Gasteiger partial charge in [0.05, 0.1) is 0 Å². The molecule has 0 aromatic heterocycles. The van der Waals surface area contributed by atoms with Crippen LogP contribution in [0.4, 0.5) is 4.39 Å². The molecule has 5 heteroatoms. The van der Waals surface area contributed by atoms with Crippen molar-refractivity contribution < 1.29 is 9.13 Å². The van der Waals surface area contributed by atoms with Crippen LogP contribution in [0.25, 0.3) is 0 Å². The summed E-state index contributed by atoms with van der Waals surface area (Å²) in [7, 11) is 0. The maximum atomic E-state index is 13.4. The minimum Gasteiger partial charge on any atom is -0.484 e. The molecule has 0 bridgehead atoms. The zero-order chi connectivity index (χ0) is 14.7. The first-order chi connectivity index (χ1) is 9.45. The van der Waals surface area contributed by atoms with Gasteiger partial charge in [0, 0.05) is 21.6 Å². The summed E-state index contributed by atoms with van der Waals surface area (Å²) in [5, 5.41) is 0.644. The van der Waals surface area contributed by atoms with E-state index in [1.807, 2.05) is 19.1 Å². The van der Waals surface area contributed by atoms with Crippen molar-refractivity contribution in [3.05, 3.63) is 63.3 Å². The molecule has 0 saturated heterocycles. The first kappa shape index (κ1) is 15.3. The van der Waals surface area contributed by atoms with Gasteiger partial charge >= 0.3 is 0 Å². The van der Waals surface area contributed by atoms with E-state index >= 15 is 0 Å². The Kier molecular flexibility index (Phi) is 5.02. The molecule has 20 heavy (non-hydrogen) atoms. The molecule has 0 spiro atoms. The Morgan fingerprint density at radius 1 is 1.20 bits per heavy atom. The first-order valence-corrected chi connectivity index (χ1v) is 7.26. The lowest BCUT2D eigenvalue weighted by molar-refractivity contribution is 0.179. The van der Waals surface area contributed by atoms with E-state index in [1.54, 1.807) is 18.2 Å². The third-order valence-electron chi connectivity index (χ3n) is 2.78. The summed E-state index contributed by atoms with van der Waals surface area (Å²) in [4.78, 5) is 0. The summed E-state index contributed by atoms with van der Waals surface area (Å²) in [6.45, 7) is 1.84. The predicted molar refractivity (Wildman–Crippen MR) is 82.6 cm³/mol. The van der Waals surface area contributed by atoms with Gasteiger partial charge in [-0.25, -0.2) is 4.39 Å². The van der Waals surface area contributed by atoms with Crippen LogP contribution in [0.1, 0.15) is 18.6 Å². The molecule has 0 amide bonds. The quantitative estimate of drug-likeness (QED) is 0.859. The van der Waals surface area contributed by atoms with Crippen LogP contribution in [-0.2, 0) is 0 Å². The Morgan fingerprint density at radius 3 is 2.40 bits per heavy atom. The van der Waals surface area contributed by atoms with E-state index in [1.165, 1.54) is 12.1 Å². The lowest BCUT2D eigenvalue weighted by Crippen LogP contribution is -2.29. The average Bonchev–Trinajstić information content (AvgIpc) is 2.36. The van der Waals surface area contributed by atoms with Gasteiger partial charge in [0.1, 0.15) is 17.7 Å². The van der Waals surface area contributed by atoms with Gasteiger partial charge in [-0.15, -0.1) is 0 Å². The molecule has 0 aliphatic heterocycles. The molecular formula is C15H14BrClFNO. The Bertz CT molecular complexity index is 569. The largest absolute Gasteiger partial charge is 0.484 e. The molecule has 2 unspecified atom stereocenters. The van der Waals surface area contributed by atoms with Crippen molar-refractivity contribution in [3.8, 4) is 5.75 Å². The molecule has 2 nitrogen and oxygen atoms in total. The average molecular weight is 359 g/mol. The number of ether oxygens (including phenoxy) is 1. The molecule has 2 aromatic carbocycles. The van der Waals surface area contributed by atoms with Crippen molar-refractivity contribution in [2.45, 2.75) is 19.1 Å². The van der Waals surface area contributed by atoms with Gasteiger partial charge in [-0.2, -0.15) is 0 Å². The number of hydrogen-bond acceptors (Lipinski definition) is 2. The van der Waals surface area contributed by atoms with Gasteiger partial charge in [0.2, 0.25) is 0 Å². The van der Waals surface area contributed by atoms with E-state index in [0.29, 0.717) is 15.2 Å². The minimum absolute atomic E-state index is 0.252. The highest BCUT2D eigenvalue weighted by atomic mass is 79.9. The van der Waals surface area contributed by atoms with Crippen LogP contribution in [0.5, 0.6) is 5.75 Å². The highest BCUT2D eigenvalue weighted by Crippen LogP contribution is 2.28. The highest BCUT2D eigenvalue weighted by molar-refractivity contribution is 9.10. The molecule has 2 atom stereocenters. The zero-order valence-corrected chi connectivity index (χ0v) is 13.2. The molecular weight excluding hydrogens is 345 g/mol. The van der Waals surface area contributed by atoms with Crippen molar-refractivity contribution >= 4 is 27.5 Å². The van der Waals surface area contributed by atoms with Crippen LogP contribution in [0, 0.1) is 5.82 Å². The molecule has 2 N–H and O–H groups in total. The second-order valence-corrected chi connectivity index (χ2v) is 5.91. The van der Waals surface area contributed by atoms with Crippen molar-refractivity contribution in [3.63, 3.8) is 0 Å². The zero-order valence-electron chi connectivity index (χ0n) is 10.8. The van der Waals surface area contributed by atoms with E-state index in [4.69, 9.17) is 22.1 Å². The van der Waals surface area contributed by atoms with E-state index in [0.717, 1.165) is 5.56 Å². The molecule has 0 fully saturated rings. The van der Waals surface area contributed by atoms with Gasteiger partial charge < -0.3 is 10.5 Å². The number of rotatable bonds is 4. The van der Waals surface area contributed by atoms with Crippen LogP contribution in [0.3, 0.4) is 0 Å². The van der Waals surface area contributed by atoms with Crippen LogP contribution in [-0.4, -0.2) is 6.04 Å². The standard InChI is InChI=1S/C15H14BrClFNO/c1-9(19)15(10-2-4-12(17)5-3-10)20-14-7-11(16)6-13(18)8-14/h2-9,15H,19H2,1H3. The van der Waals surface area contributed by atoms with Gasteiger partial charge in [0.25, 0.3) is 0 Å². The number of nitrogens with two attached hydrogens (primary N) is 1. The van der Waals surface area contributed by atoms with E-state index in [-0.39, 0.29) is 18.0 Å². The third-order valence-corrected chi connectivity index (χ3v) is 3.49. The van der Waals surface area contributed by atoms with Crippen molar-refractivity contribution in [1.82, 2.24) is 0 Å². The third kappa shape index (κ3) is 3.95. The van der Waals surface area contributed by atoms with Gasteiger partial charge in [-0.3, -0.25) is 0 Å². The molecule has 106 valence electrons. The summed E-state index contributed by atoms with van der Waals surface area (Å²) < 4.78 is 19.8. The fourth-order valence-electron chi connectivity index (χ4n) is 1.87. The SMILES string of the molecule is CC(N)C(Oc1cc(F)cc(Br)c1)c1ccc(Cl)cc1. The maximum absolute atomic E-state index is 13.4. The second kappa shape index (κ2) is 6.57. The monoisotopic (exact) mass is 357 g/mol. The number of halogens is 3. The Labute approximate surface area is 130 Å². The lowest BCUT2D eigenvalue weighted by Gasteiger charge is -2.23. The summed E-state index contributed by atoms with van der Waals surface area (Å²) in [5.74, 6) is 0.0584. The summed E-state index contributed by atoms with van der Waals surface area (Å²) >= 11 is 9.11. The number of hydrogen-bond donors (Lipinski definition) is 1. The van der Waals surface area contributed by atoms with Crippen molar-refractivity contribution in [1.29, 1.82) is 0 Å². The number of benzene rings is 2.